The van der Waals surface area contributed by atoms with Gasteiger partial charge >= 0.3 is 12.4 Å². The fraction of sp³-hybridized carbons (Fsp3) is 0.571. The van der Waals surface area contributed by atoms with Crippen molar-refractivity contribution in [1.29, 1.82) is 0 Å². The zero-order chi connectivity index (χ0) is 26.1. The van der Waals surface area contributed by atoms with Gasteiger partial charge in [0.2, 0.25) is 11.9 Å². The molecule has 1 atom stereocenters. The Kier molecular flexibility index (Phi) is 7.20. The molecule has 1 unspecified atom stereocenters. The standard InChI is InChI=1S/C21H23F6N7O2/c22-20(23,24)13-10-28-19(29-11-13)33-7-5-32(6-8-33)17(35)12-34-4-2-1-3-16(34)15-9-14(21(25,26)27)18(36)31-30-15/h9-11,16H,1-8,12H2,(H,31,36). The van der Waals surface area contributed by atoms with Gasteiger partial charge in [-0.1, -0.05) is 6.42 Å². The van der Waals surface area contributed by atoms with Crippen LogP contribution in [0, 0.1) is 0 Å². The number of piperidine rings is 1. The van der Waals surface area contributed by atoms with Crippen molar-refractivity contribution in [2.24, 2.45) is 0 Å². The summed E-state index contributed by atoms with van der Waals surface area (Å²) in [5, 5.41) is 5.73. The zero-order valence-electron chi connectivity index (χ0n) is 18.9. The Morgan fingerprint density at radius 1 is 0.972 bits per heavy atom. The fourth-order valence-corrected chi connectivity index (χ4v) is 4.38. The average molecular weight is 519 g/mol. The van der Waals surface area contributed by atoms with Crippen LogP contribution in [-0.2, 0) is 17.1 Å². The summed E-state index contributed by atoms with van der Waals surface area (Å²) in [5.41, 5.74) is -3.54. The molecule has 2 saturated heterocycles. The smallest absolute Gasteiger partial charge is 0.338 e. The number of aromatic nitrogens is 4. The lowest BCUT2D eigenvalue weighted by molar-refractivity contribution is -0.139. The van der Waals surface area contributed by atoms with E-state index in [0.717, 1.165) is 18.9 Å². The summed E-state index contributed by atoms with van der Waals surface area (Å²) in [6.07, 6.45) is -5.94. The third-order valence-corrected chi connectivity index (χ3v) is 6.30. The molecule has 9 nitrogen and oxygen atoms in total. The van der Waals surface area contributed by atoms with Gasteiger partial charge in [-0.3, -0.25) is 14.5 Å². The number of halogens is 6. The molecule has 196 valence electrons. The second-order valence-corrected chi connectivity index (χ2v) is 8.65. The minimum absolute atomic E-state index is 0.0381. The Balaban J connectivity index is 1.38. The molecule has 4 heterocycles. The molecular weight excluding hydrogens is 496 g/mol. The van der Waals surface area contributed by atoms with Gasteiger partial charge in [0.15, 0.2) is 0 Å². The first kappa shape index (κ1) is 25.9. The van der Waals surface area contributed by atoms with E-state index in [1.165, 1.54) is 0 Å². The normalized spacial score (nSPS) is 20.0. The molecule has 0 saturated carbocycles. The van der Waals surface area contributed by atoms with E-state index in [4.69, 9.17) is 0 Å². The maximum absolute atomic E-state index is 13.2. The lowest BCUT2D eigenvalue weighted by atomic mass is 9.98. The number of amides is 1. The monoisotopic (exact) mass is 519 g/mol. The Labute approximate surface area is 201 Å². The second kappa shape index (κ2) is 10.0. The van der Waals surface area contributed by atoms with Crippen LogP contribution in [0.25, 0.3) is 0 Å². The van der Waals surface area contributed by atoms with Gasteiger partial charge in [-0.15, -0.1) is 0 Å². The first-order valence-electron chi connectivity index (χ1n) is 11.3. The summed E-state index contributed by atoms with van der Waals surface area (Å²) in [7, 11) is 0. The molecule has 2 aromatic rings. The number of alkyl halides is 6. The van der Waals surface area contributed by atoms with Gasteiger partial charge < -0.3 is 9.80 Å². The third-order valence-electron chi connectivity index (χ3n) is 6.30. The number of hydrogen-bond donors (Lipinski definition) is 1. The topological polar surface area (TPSA) is 98.3 Å². The van der Waals surface area contributed by atoms with Gasteiger partial charge in [0.1, 0.15) is 5.56 Å². The molecule has 2 aliphatic heterocycles. The molecule has 2 aliphatic rings. The third kappa shape index (κ3) is 5.77. The van der Waals surface area contributed by atoms with Crippen molar-refractivity contribution in [3.8, 4) is 0 Å². The molecule has 4 rings (SSSR count). The largest absolute Gasteiger partial charge is 0.421 e. The number of H-pyrrole nitrogens is 1. The molecule has 1 N–H and O–H groups in total. The number of nitrogens with one attached hydrogen (secondary N) is 1. The summed E-state index contributed by atoms with van der Waals surface area (Å²) in [6, 6.07) is 0.192. The van der Waals surface area contributed by atoms with E-state index in [2.05, 4.69) is 15.1 Å². The first-order valence-corrected chi connectivity index (χ1v) is 11.3. The highest BCUT2D eigenvalue weighted by molar-refractivity contribution is 5.78. The number of likely N-dealkylation sites (tertiary alicyclic amines) is 1. The molecule has 15 heteroatoms. The average Bonchev–Trinajstić information content (AvgIpc) is 2.84. The summed E-state index contributed by atoms with van der Waals surface area (Å²) in [6.45, 7) is 1.66. The van der Waals surface area contributed by atoms with Crippen molar-refractivity contribution in [2.45, 2.75) is 37.7 Å². The molecule has 1 amide bonds. The summed E-state index contributed by atoms with van der Waals surface area (Å²) in [4.78, 5) is 37.1. The van der Waals surface area contributed by atoms with Gasteiger partial charge in [-0.25, -0.2) is 15.1 Å². The zero-order valence-corrected chi connectivity index (χ0v) is 18.9. The highest BCUT2D eigenvalue weighted by atomic mass is 19.4. The van der Waals surface area contributed by atoms with Gasteiger partial charge in [0, 0.05) is 38.6 Å². The van der Waals surface area contributed by atoms with Crippen molar-refractivity contribution < 1.29 is 31.1 Å². The summed E-state index contributed by atoms with van der Waals surface area (Å²) >= 11 is 0. The van der Waals surface area contributed by atoms with Gasteiger partial charge in [0.25, 0.3) is 5.56 Å². The predicted molar refractivity (Wildman–Crippen MR) is 114 cm³/mol. The van der Waals surface area contributed by atoms with E-state index < -0.39 is 35.1 Å². The number of piperazine rings is 1. The van der Waals surface area contributed by atoms with Crippen molar-refractivity contribution in [3.63, 3.8) is 0 Å². The van der Waals surface area contributed by atoms with E-state index in [0.29, 0.717) is 38.4 Å². The minimum atomic E-state index is -4.82. The Morgan fingerprint density at radius 2 is 1.64 bits per heavy atom. The van der Waals surface area contributed by atoms with Crippen LogP contribution in [0.1, 0.15) is 42.1 Å². The van der Waals surface area contributed by atoms with E-state index in [-0.39, 0.29) is 37.2 Å². The van der Waals surface area contributed by atoms with Crippen LogP contribution < -0.4 is 10.5 Å². The van der Waals surface area contributed by atoms with Crippen LogP contribution in [0.15, 0.2) is 23.3 Å². The number of rotatable bonds is 4. The van der Waals surface area contributed by atoms with Crippen LogP contribution in [-0.4, -0.2) is 75.1 Å². The van der Waals surface area contributed by atoms with Crippen LogP contribution in [0.2, 0.25) is 0 Å². The van der Waals surface area contributed by atoms with Crippen molar-refractivity contribution in [1.82, 2.24) is 30.0 Å². The number of anilines is 1. The number of aromatic amines is 1. The number of hydrogen-bond acceptors (Lipinski definition) is 7. The van der Waals surface area contributed by atoms with E-state index in [9.17, 15) is 35.9 Å². The van der Waals surface area contributed by atoms with Crippen LogP contribution in [0.3, 0.4) is 0 Å². The quantitative estimate of drug-likeness (QED) is 0.620. The highest BCUT2D eigenvalue weighted by Gasteiger charge is 2.37. The molecule has 2 aromatic heterocycles. The van der Waals surface area contributed by atoms with E-state index >= 15 is 0 Å². The number of carbonyl (C=O) groups is 1. The number of nitrogens with zero attached hydrogens (tertiary/aromatic N) is 6. The lowest BCUT2D eigenvalue weighted by Gasteiger charge is -2.38. The Bertz CT molecular complexity index is 1130. The SMILES string of the molecule is O=C(CN1CCCCC1c1cc(C(F)(F)F)c(=O)[nH]n1)N1CCN(c2ncc(C(F)(F)F)cn2)CC1. The summed E-state index contributed by atoms with van der Waals surface area (Å²) in [5.74, 6) is -0.0915. The number of carbonyl (C=O) groups excluding carboxylic acids is 1. The minimum Gasteiger partial charge on any atom is -0.338 e. The van der Waals surface area contributed by atoms with Gasteiger partial charge in [0.05, 0.1) is 23.8 Å². The van der Waals surface area contributed by atoms with Crippen LogP contribution >= 0.6 is 0 Å². The maximum Gasteiger partial charge on any atom is 0.421 e. The first-order chi connectivity index (χ1) is 16.9. The predicted octanol–water partition coefficient (Wildman–Crippen LogP) is 2.47. The molecule has 0 aliphatic carbocycles. The molecule has 0 aromatic carbocycles. The highest BCUT2D eigenvalue weighted by Crippen LogP contribution is 2.33. The van der Waals surface area contributed by atoms with Crippen molar-refractivity contribution in [2.75, 3.05) is 44.2 Å². The van der Waals surface area contributed by atoms with Crippen LogP contribution in [0.4, 0.5) is 32.3 Å². The molecule has 36 heavy (non-hydrogen) atoms. The summed E-state index contributed by atoms with van der Waals surface area (Å²) < 4.78 is 77.7. The van der Waals surface area contributed by atoms with Crippen LogP contribution in [0.5, 0.6) is 0 Å². The lowest BCUT2D eigenvalue weighted by Crippen LogP contribution is -2.52. The van der Waals surface area contributed by atoms with Crippen molar-refractivity contribution in [3.05, 3.63) is 45.6 Å². The maximum atomic E-state index is 13.2. The Hall–Kier alpha value is -3.23. The van der Waals surface area contributed by atoms with E-state index in [1.807, 2.05) is 5.10 Å². The molecule has 2 fully saturated rings. The van der Waals surface area contributed by atoms with Gasteiger partial charge in [-0.2, -0.15) is 31.4 Å². The van der Waals surface area contributed by atoms with Crippen molar-refractivity contribution >= 4 is 11.9 Å². The molecule has 0 radical (unpaired) electrons. The Morgan fingerprint density at radius 3 is 2.25 bits per heavy atom. The van der Waals surface area contributed by atoms with Gasteiger partial charge in [-0.05, 0) is 25.5 Å². The van der Waals surface area contributed by atoms with E-state index in [1.54, 1.807) is 14.7 Å². The fourth-order valence-electron chi connectivity index (χ4n) is 4.38. The molecule has 0 bridgehead atoms. The second-order valence-electron chi connectivity index (χ2n) is 8.65. The molecule has 0 spiro atoms. The molecular formula is C21H23F6N7O2.